The van der Waals surface area contributed by atoms with E-state index in [1.165, 1.54) is 11.8 Å². The van der Waals surface area contributed by atoms with Crippen molar-refractivity contribution in [3.05, 3.63) is 21.0 Å². The van der Waals surface area contributed by atoms with E-state index in [0.717, 1.165) is 4.57 Å². The Labute approximate surface area is 104 Å². The lowest BCUT2D eigenvalue weighted by Gasteiger charge is -2.18. The van der Waals surface area contributed by atoms with Crippen LogP contribution in [0, 0.1) is 0 Å². The van der Waals surface area contributed by atoms with Gasteiger partial charge in [0.1, 0.15) is 0 Å². The fraction of sp³-hybridized carbons (Fsp3) is 0.636. The van der Waals surface area contributed by atoms with Gasteiger partial charge in [0, 0.05) is 19.5 Å². The van der Waals surface area contributed by atoms with Crippen LogP contribution in [-0.2, 0) is 4.79 Å². The number of amides is 1. The molecule has 0 saturated carbocycles. The van der Waals surface area contributed by atoms with Gasteiger partial charge in [0.15, 0.2) is 0 Å². The number of nitrogens with zero attached hydrogens (tertiary/aromatic N) is 3. The molecular formula is C11H18N4O3. The van der Waals surface area contributed by atoms with Crippen molar-refractivity contribution >= 4 is 11.9 Å². The maximum absolute atomic E-state index is 11.8. The molecular weight excluding hydrogens is 236 g/mol. The van der Waals surface area contributed by atoms with E-state index in [9.17, 15) is 14.4 Å². The number of hydrogen-bond donors (Lipinski definition) is 1. The van der Waals surface area contributed by atoms with Crippen LogP contribution in [0.2, 0.25) is 0 Å². The van der Waals surface area contributed by atoms with Gasteiger partial charge in [-0.1, -0.05) is 6.92 Å². The molecule has 1 aromatic rings. The third-order valence-corrected chi connectivity index (χ3v) is 2.44. The molecule has 1 N–H and O–H groups in total. The summed E-state index contributed by atoms with van der Waals surface area (Å²) in [5, 5.41) is 0. The molecule has 0 aliphatic heterocycles. The lowest BCUT2D eigenvalue weighted by molar-refractivity contribution is -0.116. The van der Waals surface area contributed by atoms with Crippen LogP contribution in [0.15, 0.2) is 9.59 Å². The van der Waals surface area contributed by atoms with Gasteiger partial charge in [-0.2, -0.15) is 4.98 Å². The molecule has 0 spiro atoms. The summed E-state index contributed by atoms with van der Waals surface area (Å²) in [4.78, 5) is 42.4. The Hall–Kier alpha value is -1.92. The molecule has 7 heteroatoms. The van der Waals surface area contributed by atoms with Gasteiger partial charge in [-0.3, -0.25) is 14.7 Å². The van der Waals surface area contributed by atoms with E-state index in [1.807, 2.05) is 6.92 Å². The summed E-state index contributed by atoms with van der Waals surface area (Å²) >= 11 is 0. The Morgan fingerprint density at radius 3 is 2.44 bits per heavy atom. The minimum Gasteiger partial charge on any atom is -0.282 e. The fourth-order valence-corrected chi connectivity index (χ4v) is 1.63. The number of H-pyrrole nitrogens is 1. The van der Waals surface area contributed by atoms with E-state index in [4.69, 9.17) is 0 Å². The minimum atomic E-state index is -0.647. The number of aromatic nitrogens is 3. The number of anilines is 1. The zero-order chi connectivity index (χ0) is 13.9. The topological polar surface area (TPSA) is 88.1 Å². The molecule has 7 nitrogen and oxygen atoms in total. The first-order valence-corrected chi connectivity index (χ1v) is 5.89. The van der Waals surface area contributed by atoms with Crippen LogP contribution >= 0.6 is 0 Å². The first kappa shape index (κ1) is 14.1. The lowest BCUT2D eigenvalue weighted by atomic mass is 10.4. The van der Waals surface area contributed by atoms with E-state index in [-0.39, 0.29) is 17.9 Å². The van der Waals surface area contributed by atoms with E-state index in [0.29, 0.717) is 13.0 Å². The van der Waals surface area contributed by atoms with Gasteiger partial charge in [-0.05, 0) is 20.3 Å². The fourth-order valence-electron chi connectivity index (χ4n) is 1.63. The molecule has 0 atom stereocenters. The first-order valence-electron chi connectivity index (χ1n) is 5.89. The average molecular weight is 254 g/mol. The number of rotatable bonds is 4. The van der Waals surface area contributed by atoms with Crippen LogP contribution in [0.25, 0.3) is 0 Å². The molecule has 1 aromatic heterocycles. The number of carbonyl (C=O) groups is 1. The highest BCUT2D eigenvalue weighted by atomic mass is 16.2. The SMILES string of the molecule is CCCN(C(C)=O)c1nc(=O)n(C(C)C)c(=O)[nH]1. The Balaban J connectivity index is 3.32. The normalized spacial score (nSPS) is 10.7. The summed E-state index contributed by atoms with van der Waals surface area (Å²) in [5.41, 5.74) is -1.20. The van der Waals surface area contributed by atoms with E-state index < -0.39 is 11.4 Å². The zero-order valence-electron chi connectivity index (χ0n) is 11.1. The van der Waals surface area contributed by atoms with Crippen molar-refractivity contribution in [1.29, 1.82) is 0 Å². The van der Waals surface area contributed by atoms with Crippen molar-refractivity contribution < 1.29 is 4.79 Å². The summed E-state index contributed by atoms with van der Waals surface area (Å²) in [6, 6.07) is -0.278. The largest absolute Gasteiger partial charge is 0.355 e. The summed E-state index contributed by atoms with van der Waals surface area (Å²) in [5.74, 6) is -0.252. The van der Waals surface area contributed by atoms with Crippen molar-refractivity contribution in [3.8, 4) is 0 Å². The average Bonchev–Trinajstić information content (AvgIpc) is 2.23. The summed E-state index contributed by atoms with van der Waals surface area (Å²) in [7, 11) is 0. The van der Waals surface area contributed by atoms with Crippen LogP contribution < -0.4 is 16.3 Å². The second-order valence-corrected chi connectivity index (χ2v) is 4.28. The molecule has 0 radical (unpaired) electrons. The molecule has 0 bridgehead atoms. The predicted octanol–water partition coefficient (Wildman–Crippen LogP) is 0.275. The molecule has 100 valence electrons. The van der Waals surface area contributed by atoms with Gasteiger partial charge in [0.2, 0.25) is 11.9 Å². The Bertz CT molecular complexity index is 513. The maximum Gasteiger partial charge on any atom is 0.355 e. The quantitative estimate of drug-likeness (QED) is 0.835. The molecule has 0 fully saturated rings. The predicted molar refractivity (Wildman–Crippen MR) is 67.8 cm³/mol. The second-order valence-electron chi connectivity index (χ2n) is 4.28. The number of aromatic amines is 1. The molecule has 1 heterocycles. The molecule has 0 aromatic carbocycles. The molecule has 0 unspecified atom stereocenters. The molecule has 0 saturated heterocycles. The Morgan fingerprint density at radius 2 is 2.06 bits per heavy atom. The van der Waals surface area contributed by atoms with Gasteiger partial charge >= 0.3 is 11.4 Å². The Kier molecular flexibility index (Phi) is 4.41. The summed E-state index contributed by atoms with van der Waals surface area (Å²) in [6.45, 7) is 7.09. The van der Waals surface area contributed by atoms with Crippen molar-refractivity contribution in [3.63, 3.8) is 0 Å². The van der Waals surface area contributed by atoms with Crippen LogP contribution in [0.3, 0.4) is 0 Å². The van der Waals surface area contributed by atoms with Crippen LogP contribution in [0.1, 0.15) is 40.2 Å². The monoisotopic (exact) mass is 254 g/mol. The van der Waals surface area contributed by atoms with Crippen LogP contribution in [0.5, 0.6) is 0 Å². The van der Waals surface area contributed by atoms with Crippen molar-refractivity contribution in [2.75, 3.05) is 11.4 Å². The standard InChI is InChI=1S/C11H18N4O3/c1-5-6-14(8(4)16)9-12-10(17)15(7(2)3)11(18)13-9/h7H,5-6H2,1-4H3,(H,12,13,17,18). The van der Waals surface area contributed by atoms with Crippen molar-refractivity contribution in [2.24, 2.45) is 0 Å². The van der Waals surface area contributed by atoms with Gasteiger partial charge in [-0.15, -0.1) is 0 Å². The van der Waals surface area contributed by atoms with Gasteiger partial charge in [-0.25, -0.2) is 14.2 Å². The van der Waals surface area contributed by atoms with Crippen molar-refractivity contribution in [1.82, 2.24) is 14.5 Å². The molecule has 0 aliphatic rings. The third-order valence-electron chi connectivity index (χ3n) is 2.44. The highest BCUT2D eigenvalue weighted by Crippen LogP contribution is 2.04. The van der Waals surface area contributed by atoms with E-state index in [2.05, 4.69) is 9.97 Å². The van der Waals surface area contributed by atoms with Crippen LogP contribution in [0.4, 0.5) is 5.95 Å². The van der Waals surface area contributed by atoms with Crippen LogP contribution in [-0.4, -0.2) is 27.0 Å². The maximum atomic E-state index is 11.8. The number of nitrogens with one attached hydrogen (secondary N) is 1. The molecule has 1 rings (SSSR count). The third kappa shape index (κ3) is 2.85. The summed E-state index contributed by atoms with van der Waals surface area (Å²) in [6.07, 6.45) is 0.705. The van der Waals surface area contributed by atoms with Crippen molar-refractivity contribution in [2.45, 2.75) is 40.2 Å². The van der Waals surface area contributed by atoms with Gasteiger partial charge in [0.25, 0.3) is 0 Å². The molecule has 1 amide bonds. The second kappa shape index (κ2) is 5.61. The number of hydrogen-bond acceptors (Lipinski definition) is 4. The van der Waals surface area contributed by atoms with E-state index >= 15 is 0 Å². The highest BCUT2D eigenvalue weighted by Gasteiger charge is 2.16. The lowest BCUT2D eigenvalue weighted by Crippen LogP contribution is -2.42. The molecule has 0 aliphatic carbocycles. The molecule has 18 heavy (non-hydrogen) atoms. The van der Waals surface area contributed by atoms with Gasteiger partial charge in [0.05, 0.1) is 0 Å². The van der Waals surface area contributed by atoms with Gasteiger partial charge < -0.3 is 0 Å². The summed E-state index contributed by atoms with van der Waals surface area (Å²) < 4.78 is 1.01. The smallest absolute Gasteiger partial charge is 0.282 e. The zero-order valence-corrected chi connectivity index (χ0v) is 11.1. The number of carbonyl (C=O) groups excluding carboxylic acids is 1. The highest BCUT2D eigenvalue weighted by molar-refractivity contribution is 5.89. The minimum absolute atomic E-state index is 0.0104. The first-order chi connectivity index (χ1) is 8.38. The Morgan fingerprint density at radius 1 is 1.44 bits per heavy atom. The van der Waals surface area contributed by atoms with E-state index in [1.54, 1.807) is 13.8 Å².